The van der Waals surface area contributed by atoms with E-state index >= 15 is 0 Å². The van der Waals surface area contributed by atoms with Crippen molar-refractivity contribution in [1.29, 1.82) is 0 Å². The number of aryl methyl sites for hydroxylation is 1. The predicted molar refractivity (Wildman–Crippen MR) is 142 cm³/mol. The Labute approximate surface area is 211 Å². The Hall–Kier alpha value is -2.76. The quantitative estimate of drug-likeness (QED) is 0.374. The predicted octanol–water partition coefficient (Wildman–Crippen LogP) is 5.66. The van der Waals surface area contributed by atoms with E-state index in [9.17, 15) is 9.59 Å². The molecule has 1 atom stereocenters. The van der Waals surface area contributed by atoms with Gasteiger partial charge < -0.3 is 10.2 Å². The number of hydrogen-bond acceptors (Lipinski definition) is 3. The van der Waals surface area contributed by atoms with Crippen molar-refractivity contribution in [3.63, 3.8) is 0 Å². The smallest absolute Gasteiger partial charge is 0.243 e. The molecule has 0 aliphatic rings. The summed E-state index contributed by atoms with van der Waals surface area (Å²) in [6, 6.07) is 25.0. The van der Waals surface area contributed by atoms with Crippen LogP contribution in [0.3, 0.4) is 0 Å². The van der Waals surface area contributed by atoms with Crippen molar-refractivity contribution in [3.8, 4) is 0 Å². The fraction of sp³-hybridized carbons (Fsp3) is 0.286. The zero-order valence-electron chi connectivity index (χ0n) is 19.7. The van der Waals surface area contributed by atoms with Gasteiger partial charge in [-0.1, -0.05) is 90.0 Å². The van der Waals surface area contributed by atoms with Gasteiger partial charge in [0.15, 0.2) is 0 Å². The number of hydrogen-bond donors (Lipinski definition) is 1. The lowest BCUT2D eigenvalue weighted by molar-refractivity contribution is -0.139. The average molecular weight is 495 g/mol. The number of rotatable bonds is 11. The first-order chi connectivity index (χ1) is 16.5. The van der Waals surface area contributed by atoms with Crippen LogP contribution in [0, 0.1) is 6.92 Å². The van der Waals surface area contributed by atoms with E-state index in [4.69, 9.17) is 11.6 Å². The molecule has 0 fully saturated rings. The molecule has 3 aromatic carbocycles. The van der Waals surface area contributed by atoms with Crippen molar-refractivity contribution in [2.24, 2.45) is 0 Å². The molecule has 4 nitrogen and oxygen atoms in total. The minimum Gasteiger partial charge on any atom is -0.355 e. The van der Waals surface area contributed by atoms with Crippen LogP contribution in [0.15, 0.2) is 78.9 Å². The van der Waals surface area contributed by atoms with Crippen LogP contribution in [0.5, 0.6) is 0 Å². The molecule has 0 spiro atoms. The van der Waals surface area contributed by atoms with Gasteiger partial charge in [-0.25, -0.2) is 0 Å². The SMILES string of the molecule is CCNC(=O)[C@H](Cc1ccccc1)N(Cc1cccc(C)c1)C(=O)CSCc1ccccc1Cl. The van der Waals surface area contributed by atoms with Crippen LogP contribution in [0.2, 0.25) is 5.02 Å². The second kappa shape index (κ2) is 13.2. The Balaban J connectivity index is 1.83. The minimum absolute atomic E-state index is 0.0641. The Kier molecular flexibility index (Phi) is 10.0. The van der Waals surface area contributed by atoms with Crippen LogP contribution < -0.4 is 5.32 Å². The Bertz CT molecular complexity index is 1090. The minimum atomic E-state index is -0.601. The van der Waals surface area contributed by atoms with Crippen molar-refractivity contribution in [1.82, 2.24) is 10.2 Å². The highest BCUT2D eigenvalue weighted by Crippen LogP contribution is 2.22. The lowest BCUT2D eigenvalue weighted by Gasteiger charge is -2.31. The zero-order chi connectivity index (χ0) is 24.3. The van der Waals surface area contributed by atoms with E-state index < -0.39 is 6.04 Å². The highest BCUT2D eigenvalue weighted by Gasteiger charge is 2.30. The van der Waals surface area contributed by atoms with Gasteiger partial charge in [-0.2, -0.15) is 0 Å². The van der Waals surface area contributed by atoms with E-state index in [2.05, 4.69) is 11.4 Å². The largest absolute Gasteiger partial charge is 0.355 e. The molecule has 3 rings (SSSR count). The molecule has 0 radical (unpaired) electrons. The first-order valence-corrected chi connectivity index (χ1v) is 13.0. The van der Waals surface area contributed by atoms with Crippen molar-refractivity contribution >= 4 is 35.2 Å². The van der Waals surface area contributed by atoms with Gasteiger partial charge in [-0.05, 0) is 36.6 Å². The summed E-state index contributed by atoms with van der Waals surface area (Å²) in [5, 5.41) is 3.63. The molecular weight excluding hydrogens is 464 g/mol. The topological polar surface area (TPSA) is 49.4 Å². The van der Waals surface area contributed by atoms with Gasteiger partial charge >= 0.3 is 0 Å². The van der Waals surface area contributed by atoms with E-state index in [1.807, 2.05) is 86.6 Å². The molecule has 34 heavy (non-hydrogen) atoms. The maximum absolute atomic E-state index is 13.5. The van der Waals surface area contributed by atoms with Gasteiger partial charge in [0.1, 0.15) is 6.04 Å². The average Bonchev–Trinajstić information content (AvgIpc) is 2.83. The molecule has 0 unspecified atom stereocenters. The van der Waals surface area contributed by atoms with E-state index in [1.165, 1.54) is 11.8 Å². The van der Waals surface area contributed by atoms with E-state index in [-0.39, 0.29) is 17.6 Å². The summed E-state index contributed by atoms with van der Waals surface area (Å²) >= 11 is 7.79. The number of thioether (sulfide) groups is 1. The van der Waals surface area contributed by atoms with Gasteiger partial charge in [0.2, 0.25) is 11.8 Å². The molecule has 2 amide bonds. The van der Waals surface area contributed by atoms with E-state index in [0.29, 0.717) is 30.3 Å². The molecule has 0 aromatic heterocycles. The summed E-state index contributed by atoms with van der Waals surface area (Å²) in [7, 11) is 0. The maximum Gasteiger partial charge on any atom is 0.243 e. The van der Waals surface area contributed by atoms with Gasteiger partial charge in [-0.15, -0.1) is 11.8 Å². The third-order valence-electron chi connectivity index (χ3n) is 5.50. The normalized spacial score (nSPS) is 11.6. The highest BCUT2D eigenvalue weighted by molar-refractivity contribution is 7.99. The van der Waals surface area contributed by atoms with Gasteiger partial charge in [0.25, 0.3) is 0 Å². The number of amides is 2. The van der Waals surface area contributed by atoms with Crippen LogP contribution in [0.1, 0.15) is 29.2 Å². The van der Waals surface area contributed by atoms with Crippen LogP contribution in [-0.2, 0) is 28.3 Å². The van der Waals surface area contributed by atoms with Gasteiger partial charge in [0, 0.05) is 30.3 Å². The van der Waals surface area contributed by atoms with E-state index in [0.717, 1.165) is 22.3 Å². The summed E-state index contributed by atoms with van der Waals surface area (Å²) in [6.45, 7) is 4.81. The van der Waals surface area contributed by atoms with Crippen molar-refractivity contribution in [3.05, 3.63) is 106 Å². The van der Waals surface area contributed by atoms with Crippen LogP contribution in [0.25, 0.3) is 0 Å². The van der Waals surface area contributed by atoms with Crippen molar-refractivity contribution in [2.45, 2.75) is 38.6 Å². The van der Waals surface area contributed by atoms with Crippen LogP contribution in [-0.4, -0.2) is 35.1 Å². The summed E-state index contributed by atoms with van der Waals surface area (Å²) in [4.78, 5) is 28.4. The van der Waals surface area contributed by atoms with E-state index in [1.54, 1.807) is 4.90 Å². The first-order valence-electron chi connectivity index (χ1n) is 11.5. The molecule has 0 heterocycles. The molecule has 0 aliphatic heterocycles. The molecule has 0 aliphatic carbocycles. The molecule has 1 N–H and O–H groups in total. The Morgan fingerprint density at radius 2 is 1.68 bits per heavy atom. The van der Waals surface area contributed by atoms with Crippen LogP contribution in [0.4, 0.5) is 0 Å². The standard InChI is InChI=1S/C28H31ClN2O2S/c1-3-30-28(33)26(17-22-11-5-4-6-12-22)31(18-23-13-9-10-21(2)16-23)27(32)20-34-19-24-14-7-8-15-25(24)29/h4-16,26H,3,17-20H2,1-2H3,(H,30,33)/t26-/m0/s1. The first kappa shape index (κ1) is 25.9. The summed E-state index contributed by atoms with van der Waals surface area (Å²) in [5.41, 5.74) is 4.14. The molecule has 3 aromatic rings. The number of halogens is 1. The fourth-order valence-electron chi connectivity index (χ4n) is 3.80. The number of benzene rings is 3. The molecule has 0 saturated heterocycles. The number of likely N-dealkylation sites (N-methyl/N-ethyl adjacent to an activating group) is 1. The number of carbonyl (C=O) groups is 2. The summed E-state index contributed by atoms with van der Waals surface area (Å²) in [5.74, 6) is 0.699. The summed E-state index contributed by atoms with van der Waals surface area (Å²) < 4.78 is 0. The number of nitrogens with zero attached hydrogens (tertiary/aromatic N) is 1. The van der Waals surface area contributed by atoms with Crippen LogP contribution >= 0.6 is 23.4 Å². The molecule has 6 heteroatoms. The Morgan fingerprint density at radius 3 is 2.38 bits per heavy atom. The Morgan fingerprint density at radius 1 is 0.971 bits per heavy atom. The fourth-order valence-corrected chi connectivity index (χ4v) is 5.00. The highest BCUT2D eigenvalue weighted by atomic mass is 35.5. The zero-order valence-corrected chi connectivity index (χ0v) is 21.2. The second-order valence-electron chi connectivity index (χ2n) is 8.20. The van der Waals surface area contributed by atoms with Crippen molar-refractivity contribution in [2.75, 3.05) is 12.3 Å². The third kappa shape index (κ3) is 7.64. The molecule has 0 saturated carbocycles. The molecular formula is C28H31ClN2O2S. The monoisotopic (exact) mass is 494 g/mol. The summed E-state index contributed by atoms with van der Waals surface area (Å²) in [6.07, 6.45) is 0.458. The molecule has 178 valence electrons. The number of carbonyl (C=O) groups excluding carboxylic acids is 2. The third-order valence-corrected chi connectivity index (χ3v) is 6.83. The lowest BCUT2D eigenvalue weighted by Crippen LogP contribution is -2.51. The molecule has 0 bridgehead atoms. The lowest BCUT2D eigenvalue weighted by atomic mass is 10.0. The second-order valence-corrected chi connectivity index (χ2v) is 9.59. The van der Waals surface area contributed by atoms with Gasteiger partial charge in [0.05, 0.1) is 5.75 Å². The maximum atomic E-state index is 13.5. The van der Waals surface area contributed by atoms with Crippen molar-refractivity contribution < 1.29 is 9.59 Å². The van der Waals surface area contributed by atoms with Gasteiger partial charge in [-0.3, -0.25) is 9.59 Å². The number of nitrogens with one attached hydrogen (secondary N) is 1.